The molecule has 0 aliphatic carbocycles. The zero-order chi connectivity index (χ0) is 24.1. The molecule has 0 spiro atoms. The highest BCUT2D eigenvalue weighted by Crippen LogP contribution is 2.38. The normalized spacial score (nSPS) is 12.4. The second-order valence-corrected chi connectivity index (χ2v) is 11.5. The first kappa shape index (κ1) is 22.4. The summed E-state index contributed by atoms with van der Waals surface area (Å²) in [4.78, 5) is 0. The van der Waals surface area contributed by atoms with Crippen LogP contribution in [0.5, 0.6) is 0 Å². The Morgan fingerprint density at radius 2 is 0.824 bits per heavy atom. The van der Waals surface area contributed by atoms with Crippen LogP contribution in [0.1, 0.15) is 52.7 Å². The molecule has 0 nitrogen and oxygen atoms in total. The van der Waals surface area contributed by atoms with Crippen molar-refractivity contribution in [3.8, 4) is 22.3 Å². The fraction of sp³-hybridized carbons (Fsp3) is 0.235. The summed E-state index contributed by atoms with van der Waals surface area (Å²) in [6.07, 6.45) is 0. The van der Waals surface area contributed by atoms with Crippen LogP contribution in [-0.4, -0.2) is 0 Å². The molecule has 0 bridgehead atoms. The maximum absolute atomic E-state index is 2.39. The van der Waals surface area contributed by atoms with E-state index in [-0.39, 0.29) is 10.8 Å². The Morgan fingerprint density at radius 1 is 0.412 bits per heavy atom. The van der Waals surface area contributed by atoms with Crippen molar-refractivity contribution < 1.29 is 0 Å². The molecule has 0 heteroatoms. The van der Waals surface area contributed by atoms with Gasteiger partial charge in [-0.3, -0.25) is 0 Å². The van der Waals surface area contributed by atoms with Crippen LogP contribution in [0.3, 0.4) is 0 Å². The Labute approximate surface area is 204 Å². The van der Waals surface area contributed by atoms with Crippen LogP contribution in [0.4, 0.5) is 0 Å². The van der Waals surface area contributed by atoms with Crippen LogP contribution in [0.2, 0.25) is 0 Å². The summed E-state index contributed by atoms with van der Waals surface area (Å²) >= 11 is 0. The standard InChI is InChI=1S/C34H34/c1-33(2,3)31-15-9-11-23-17-19-25(21-29(23)31)27-13-7-8-14-28(27)26-20-18-24-12-10-16-32(30(24)22-26)34(4,5)6/h7-22H,1-6H3. The molecule has 0 saturated carbocycles. The van der Waals surface area contributed by atoms with Gasteiger partial charge >= 0.3 is 0 Å². The van der Waals surface area contributed by atoms with Crippen molar-refractivity contribution in [3.05, 3.63) is 108 Å². The van der Waals surface area contributed by atoms with E-state index in [1.807, 2.05) is 0 Å². The summed E-state index contributed by atoms with van der Waals surface area (Å²) in [6, 6.07) is 36.0. The van der Waals surface area contributed by atoms with Gasteiger partial charge in [-0.05, 0) is 77.9 Å². The van der Waals surface area contributed by atoms with Gasteiger partial charge in [0, 0.05) is 0 Å². The second-order valence-electron chi connectivity index (χ2n) is 11.5. The SMILES string of the molecule is CC(C)(C)c1cccc2ccc(-c3ccccc3-c3ccc4cccc(C(C)(C)C)c4c3)cc12. The number of benzene rings is 5. The van der Waals surface area contributed by atoms with Gasteiger partial charge in [0.25, 0.3) is 0 Å². The maximum Gasteiger partial charge on any atom is -0.0105 e. The van der Waals surface area contributed by atoms with Crippen LogP contribution >= 0.6 is 0 Å². The fourth-order valence-corrected chi connectivity index (χ4v) is 5.17. The van der Waals surface area contributed by atoms with Crippen LogP contribution < -0.4 is 0 Å². The molecule has 0 fully saturated rings. The van der Waals surface area contributed by atoms with Crippen LogP contribution in [0.15, 0.2) is 97.1 Å². The van der Waals surface area contributed by atoms with Crippen LogP contribution in [0, 0.1) is 0 Å². The third-order valence-electron chi connectivity index (χ3n) is 6.93. The first-order chi connectivity index (χ1) is 16.1. The van der Waals surface area contributed by atoms with Crippen molar-refractivity contribution in [2.45, 2.75) is 52.4 Å². The topological polar surface area (TPSA) is 0 Å². The molecule has 0 saturated heterocycles. The molecule has 0 amide bonds. The predicted octanol–water partition coefficient (Wildman–Crippen LogP) is 9.92. The van der Waals surface area contributed by atoms with Crippen LogP contribution in [-0.2, 0) is 10.8 Å². The quantitative estimate of drug-likeness (QED) is 0.255. The molecule has 0 heterocycles. The Morgan fingerprint density at radius 3 is 1.21 bits per heavy atom. The van der Waals surface area contributed by atoms with Gasteiger partial charge in [-0.15, -0.1) is 0 Å². The largest absolute Gasteiger partial charge is 0.0616 e. The van der Waals surface area contributed by atoms with Gasteiger partial charge < -0.3 is 0 Å². The minimum atomic E-state index is 0.0966. The zero-order valence-electron chi connectivity index (χ0n) is 21.2. The smallest absolute Gasteiger partial charge is 0.0105 e. The Kier molecular flexibility index (Phi) is 5.36. The van der Waals surface area contributed by atoms with Crippen molar-refractivity contribution in [1.29, 1.82) is 0 Å². The molecular weight excluding hydrogens is 408 g/mol. The third-order valence-corrected chi connectivity index (χ3v) is 6.93. The molecule has 0 N–H and O–H groups in total. The highest BCUT2D eigenvalue weighted by atomic mass is 14.2. The minimum absolute atomic E-state index is 0.0966. The Hall–Kier alpha value is -3.38. The molecular formula is C34H34. The molecule has 34 heavy (non-hydrogen) atoms. The average molecular weight is 443 g/mol. The van der Waals surface area contributed by atoms with Gasteiger partial charge in [0.15, 0.2) is 0 Å². The van der Waals surface area contributed by atoms with Gasteiger partial charge in [0.2, 0.25) is 0 Å². The molecule has 5 aromatic rings. The summed E-state index contributed by atoms with van der Waals surface area (Å²) < 4.78 is 0. The molecule has 5 aromatic carbocycles. The lowest BCUT2D eigenvalue weighted by Crippen LogP contribution is -2.11. The monoisotopic (exact) mass is 442 g/mol. The van der Waals surface area contributed by atoms with E-state index < -0.39 is 0 Å². The summed E-state index contributed by atoms with van der Waals surface area (Å²) in [5.41, 5.74) is 8.07. The van der Waals surface area contributed by atoms with E-state index in [1.54, 1.807) is 0 Å². The number of fused-ring (bicyclic) bond motifs is 2. The van der Waals surface area contributed by atoms with E-state index in [0.717, 1.165) is 0 Å². The van der Waals surface area contributed by atoms with Gasteiger partial charge in [-0.2, -0.15) is 0 Å². The first-order valence-corrected chi connectivity index (χ1v) is 12.3. The van der Waals surface area contributed by atoms with Gasteiger partial charge in [-0.25, -0.2) is 0 Å². The lowest BCUT2D eigenvalue weighted by Gasteiger charge is -2.22. The molecule has 0 aliphatic heterocycles. The zero-order valence-corrected chi connectivity index (χ0v) is 21.2. The van der Waals surface area contributed by atoms with Gasteiger partial charge in [0.1, 0.15) is 0 Å². The van der Waals surface area contributed by atoms with Crippen molar-refractivity contribution in [3.63, 3.8) is 0 Å². The van der Waals surface area contributed by atoms with Crippen LogP contribution in [0.25, 0.3) is 43.8 Å². The molecule has 0 aliphatic rings. The van der Waals surface area contributed by atoms with Crippen molar-refractivity contribution in [2.24, 2.45) is 0 Å². The van der Waals surface area contributed by atoms with E-state index in [4.69, 9.17) is 0 Å². The highest BCUT2D eigenvalue weighted by Gasteiger charge is 2.19. The van der Waals surface area contributed by atoms with E-state index in [1.165, 1.54) is 54.9 Å². The van der Waals surface area contributed by atoms with E-state index in [0.29, 0.717) is 0 Å². The van der Waals surface area contributed by atoms with Crippen molar-refractivity contribution >= 4 is 21.5 Å². The predicted molar refractivity (Wildman–Crippen MR) is 150 cm³/mol. The maximum atomic E-state index is 2.39. The molecule has 0 radical (unpaired) electrons. The summed E-state index contributed by atoms with van der Waals surface area (Å²) in [5, 5.41) is 5.29. The summed E-state index contributed by atoms with van der Waals surface area (Å²) in [5.74, 6) is 0. The van der Waals surface area contributed by atoms with Gasteiger partial charge in [0.05, 0.1) is 0 Å². The molecule has 0 atom stereocenters. The van der Waals surface area contributed by atoms with Gasteiger partial charge in [-0.1, -0.05) is 126 Å². The first-order valence-electron chi connectivity index (χ1n) is 12.3. The lowest BCUT2D eigenvalue weighted by atomic mass is 9.82. The number of rotatable bonds is 2. The molecule has 5 rings (SSSR count). The van der Waals surface area contributed by atoms with E-state index in [2.05, 4.69) is 139 Å². The Balaban J connectivity index is 1.72. The third kappa shape index (κ3) is 4.03. The second kappa shape index (κ2) is 8.13. The van der Waals surface area contributed by atoms with E-state index in [9.17, 15) is 0 Å². The van der Waals surface area contributed by atoms with E-state index >= 15 is 0 Å². The summed E-state index contributed by atoms with van der Waals surface area (Å²) in [7, 11) is 0. The average Bonchev–Trinajstić information content (AvgIpc) is 2.81. The number of hydrogen-bond acceptors (Lipinski definition) is 0. The Bertz CT molecular complexity index is 1390. The molecule has 0 aromatic heterocycles. The highest BCUT2D eigenvalue weighted by molar-refractivity contribution is 5.96. The number of hydrogen-bond donors (Lipinski definition) is 0. The molecule has 0 unspecified atom stereocenters. The fourth-order valence-electron chi connectivity index (χ4n) is 5.17. The van der Waals surface area contributed by atoms with Crippen molar-refractivity contribution in [2.75, 3.05) is 0 Å². The minimum Gasteiger partial charge on any atom is -0.0616 e. The summed E-state index contributed by atoms with van der Waals surface area (Å²) in [6.45, 7) is 13.8. The molecule has 170 valence electrons. The lowest BCUT2D eigenvalue weighted by molar-refractivity contribution is 0.595. The van der Waals surface area contributed by atoms with Crippen molar-refractivity contribution in [1.82, 2.24) is 0 Å².